The number of fused-ring (bicyclic) bond motifs is 1. The van der Waals surface area contributed by atoms with Gasteiger partial charge in [0, 0.05) is 47.6 Å². The number of aromatic nitrogens is 1. The molecule has 1 aliphatic heterocycles. The van der Waals surface area contributed by atoms with E-state index in [0.29, 0.717) is 12.0 Å². The number of nitrogens with zero attached hydrogens (tertiary/aromatic N) is 1. The fourth-order valence-electron chi connectivity index (χ4n) is 3.73. The second kappa shape index (κ2) is 7.65. The van der Waals surface area contributed by atoms with Crippen molar-refractivity contribution >= 4 is 26.8 Å². The van der Waals surface area contributed by atoms with E-state index in [9.17, 15) is 0 Å². The van der Waals surface area contributed by atoms with Crippen molar-refractivity contribution in [2.45, 2.75) is 18.4 Å². The summed E-state index contributed by atoms with van der Waals surface area (Å²) >= 11 is 3.55. The van der Waals surface area contributed by atoms with E-state index in [4.69, 9.17) is 0 Å². The Morgan fingerprint density at radius 2 is 1.88 bits per heavy atom. The standard InChI is InChI=1S/C21H22BrN3/c22-18-8-6-15(7-9-18)19(20-14-23-11-12-24-20)13-17-4-1-3-16-5-2-10-25-21(16)17/h1-10,19-20,23-24H,11-14H2. The third kappa shape index (κ3) is 3.76. The number of pyridine rings is 1. The molecule has 4 rings (SSSR count). The summed E-state index contributed by atoms with van der Waals surface area (Å²) in [7, 11) is 0. The zero-order valence-corrected chi connectivity index (χ0v) is 15.7. The van der Waals surface area contributed by atoms with Crippen molar-refractivity contribution < 1.29 is 0 Å². The molecule has 3 aromatic rings. The van der Waals surface area contributed by atoms with E-state index >= 15 is 0 Å². The molecule has 0 radical (unpaired) electrons. The SMILES string of the molecule is Brc1ccc(C(Cc2cccc3cccnc23)C2CNCCN2)cc1. The Morgan fingerprint density at radius 3 is 2.68 bits per heavy atom. The normalized spacial score (nSPS) is 19.0. The molecule has 2 unspecified atom stereocenters. The van der Waals surface area contributed by atoms with Crippen LogP contribution in [-0.2, 0) is 6.42 Å². The minimum Gasteiger partial charge on any atom is -0.314 e. The predicted molar refractivity (Wildman–Crippen MR) is 107 cm³/mol. The lowest BCUT2D eigenvalue weighted by Gasteiger charge is -2.32. The van der Waals surface area contributed by atoms with Gasteiger partial charge in [-0.05, 0) is 35.7 Å². The molecule has 128 valence electrons. The zero-order valence-electron chi connectivity index (χ0n) is 14.1. The number of rotatable bonds is 4. The molecule has 0 bridgehead atoms. The summed E-state index contributed by atoms with van der Waals surface area (Å²) in [5.74, 6) is 0.411. The Hall–Kier alpha value is -1.75. The van der Waals surface area contributed by atoms with Gasteiger partial charge in [-0.1, -0.05) is 52.3 Å². The summed E-state index contributed by atoms with van der Waals surface area (Å²) < 4.78 is 1.12. The first-order valence-electron chi connectivity index (χ1n) is 8.83. The lowest BCUT2D eigenvalue weighted by molar-refractivity contribution is 0.364. The fourth-order valence-corrected chi connectivity index (χ4v) is 4.00. The number of benzene rings is 2. The van der Waals surface area contributed by atoms with Gasteiger partial charge in [0.1, 0.15) is 0 Å². The van der Waals surface area contributed by atoms with Crippen LogP contribution in [0.25, 0.3) is 10.9 Å². The number of hydrogen-bond acceptors (Lipinski definition) is 3. The Kier molecular flexibility index (Phi) is 5.11. The first-order valence-corrected chi connectivity index (χ1v) is 9.63. The van der Waals surface area contributed by atoms with Crippen molar-refractivity contribution in [3.05, 3.63) is 76.4 Å². The molecule has 2 heterocycles. The van der Waals surface area contributed by atoms with E-state index in [1.54, 1.807) is 0 Å². The smallest absolute Gasteiger partial charge is 0.0734 e. The number of hydrogen-bond donors (Lipinski definition) is 2. The van der Waals surface area contributed by atoms with Gasteiger partial charge in [0.25, 0.3) is 0 Å². The first-order chi connectivity index (χ1) is 12.3. The lowest BCUT2D eigenvalue weighted by atomic mass is 9.84. The van der Waals surface area contributed by atoms with Gasteiger partial charge < -0.3 is 10.6 Å². The first kappa shape index (κ1) is 16.7. The van der Waals surface area contributed by atoms with E-state index in [1.165, 1.54) is 16.5 Å². The summed E-state index contributed by atoms with van der Waals surface area (Å²) in [6.07, 6.45) is 2.87. The number of para-hydroxylation sites is 1. The molecule has 2 atom stereocenters. The van der Waals surface area contributed by atoms with Crippen LogP contribution in [0.3, 0.4) is 0 Å². The molecule has 1 aromatic heterocycles. The van der Waals surface area contributed by atoms with Gasteiger partial charge in [-0.15, -0.1) is 0 Å². The molecule has 0 aliphatic carbocycles. The molecule has 4 heteroatoms. The highest BCUT2D eigenvalue weighted by molar-refractivity contribution is 9.10. The van der Waals surface area contributed by atoms with Gasteiger partial charge >= 0.3 is 0 Å². The fraction of sp³-hybridized carbons (Fsp3) is 0.286. The average Bonchev–Trinajstić information content (AvgIpc) is 2.68. The maximum Gasteiger partial charge on any atom is 0.0734 e. The summed E-state index contributed by atoms with van der Waals surface area (Å²) in [6.45, 7) is 3.06. The third-order valence-corrected chi connectivity index (χ3v) is 5.54. The van der Waals surface area contributed by atoms with Crippen molar-refractivity contribution in [3.63, 3.8) is 0 Å². The second-order valence-corrected chi connectivity index (χ2v) is 7.53. The third-order valence-electron chi connectivity index (χ3n) is 5.01. The molecule has 0 spiro atoms. The Balaban J connectivity index is 1.71. The zero-order chi connectivity index (χ0) is 17.1. The largest absolute Gasteiger partial charge is 0.314 e. The van der Waals surface area contributed by atoms with Crippen LogP contribution in [0.4, 0.5) is 0 Å². The van der Waals surface area contributed by atoms with E-state index < -0.39 is 0 Å². The van der Waals surface area contributed by atoms with Gasteiger partial charge in [0.15, 0.2) is 0 Å². The molecule has 1 fully saturated rings. The quantitative estimate of drug-likeness (QED) is 0.703. The van der Waals surface area contributed by atoms with E-state index in [2.05, 4.69) is 80.1 Å². The Labute approximate surface area is 157 Å². The van der Waals surface area contributed by atoms with Gasteiger partial charge in [-0.25, -0.2) is 0 Å². The van der Waals surface area contributed by atoms with Crippen LogP contribution in [0, 0.1) is 0 Å². The molecule has 1 saturated heterocycles. The summed E-state index contributed by atoms with van der Waals surface area (Å²) in [5.41, 5.74) is 3.81. The molecular formula is C21H22BrN3. The van der Waals surface area contributed by atoms with Crippen molar-refractivity contribution in [2.75, 3.05) is 19.6 Å². The van der Waals surface area contributed by atoms with Crippen molar-refractivity contribution in [3.8, 4) is 0 Å². The van der Waals surface area contributed by atoms with E-state index in [-0.39, 0.29) is 0 Å². The van der Waals surface area contributed by atoms with E-state index in [0.717, 1.165) is 36.0 Å². The van der Waals surface area contributed by atoms with Gasteiger partial charge in [-0.2, -0.15) is 0 Å². The minimum absolute atomic E-state index is 0.411. The molecule has 3 nitrogen and oxygen atoms in total. The highest BCUT2D eigenvalue weighted by Gasteiger charge is 2.25. The molecule has 1 aliphatic rings. The maximum absolute atomic E-state index is 4.64. The van der Waals surface area contributed by atoms with Crippen molar-refractivity contribution in [1.82, 2.24) is 15.6 Å². The van der Waals surface area contributed by atoms with Crippen molar-refractivity contribution in [2.24, 2.45) is 0 Å². The molecule has 0 saturated carbocycles. The number of nitrogens with one attached hydrogen (secondary N) is 2. The Morgan fingerprint density at radius 1 is 1.04 bits per heavy atom. The summed E-state index contributed by atoms with van der Waals surface area (Å²) in [4.78, 5) is 4.64. The number of halogens is 1. The van der Waals surface area contributed by atoms with Crippen LogP contribution in [0.1, 0.15) is 17.0 Å². The monoisotopic (exact) mass is 395 g/mol. The van der Waals surface area contributed by atoms with Crippen molar-refractivity contribution in [1.29, 1.82) is 0 Å². The molecular weight excluding hydrogens is 374 g/mol. The summed E-state index contributed by atoms with van der Waals surface area (Å²) in [5, 5.41) is 8.45. The highest BCUT2D eigenvalue weighted by atomic mass is 79.9. The minimum atomic E-state index is 0.411. The predicted octanol–water partition coefficient (Wildman–Crippen LogP) is 3.89. The van der Waals surface area contributed by atoms with Crippen LogP contribution in [-0.4, -0.2) is 30.7 Å². The molecule has 0 amide bonds. The van der Waals surface area contributed by atoms with Crippen LogP contribution in [0.5, 0.6) is 0 Å². The van der Waals surface area contributed by atoms with Crippen LogP contribution < -0.4 is 10.6 Å². The average molecular weight is 396 g/mol. The Bertz CT molecular complexity index is 836. The summed E-state index contributed by atoms with van der Waals surface area (Å²) in [6, 6.07) is 19.8. The molecule has 25 heavy (non-hydrogen) atoms. The molecule has 2 N–H and O–H groups in total. The van der Waals surface area contributed by atoms with E-state index in [1.807, 2.05) is 12.3 Å². The van der Waals surface area contributed by atoms with Gasteiger partial charge in [-0.3, -0.25) is 4.98 Å². The van der Waals surface area contributed by atoms with Crippen LogP contribution in [0.2, 0.25) is 0 Å². The molecule has 2 aromatic carbocycles. The second-order valence-electron chi connectivity index (χ2n) is 6.62. The van der Waals surface area contributed by atoms with Crippen LogP contribution >= 0.6 is 15.9 Å². The topological polar surface area (TPSA) is 37.0 Å². The van der Waals surface area contributed by atoms with Gasteiger partial charge in [0.2, 0.25) is 0 Å². The van der Waals surface area contributed by atoms with Gasteiger partial charge in [0.05, 0.1) is 5.52 Å². The van der Waals surface area contributed by atoms with Crippen LogP contribution in [0.15, 0.2) is 65.3 Å². The lowest BCUT2D eigenvalue weighted by Crippen LogP contribution is -2.51. The number of piperazine rings is 1. The maximum atomic E-state index is 4.64. The highest BCUT2D eigenvalue weighted by Crippen LogP contribution is 2.29.